The summed E-state index contributed by atoms with van der Waals surface area (Å²) in [5.74, 6) is 1.22. The van der Waals surface area contributed by atoms with Crippen molar-refractivity contribution < 1.29 is 4.79 Å². The molecule has 1 aromatic carbocycles. The third kappa shape index (κ3) is 3.40. The number of pyridine rings is 1. The Balaban J connectivity index is 1.77. The highest BCUT2D eigenvalue weighted by atomic mass is 32.2. The molecule has 0 bridgehead atoms. The number of thioether (sulfide) groups is 1. The van der Waals surface area contributed by atoms with Crippen LogP contribution in [0.25, 0.3) is 11.4 Å². The molecule has 2 N–H and O–H groups in total. The van der Waals surface area contributed by atoms with E-state index in [9.17, 15) is 4.79 Å². The number of carbonyl (C=O) groups is 1. The summed E-state index contributed by atoms with van der Waals surface area (Å²) in [6.45, 7) is 1.85. The molecule has 1 amide bonds. The zero-order chi connectivity index (χ0) is 16.2. The van der Waals surface area contributed by atoms with Gasteiger partial charge in [-0.3, -0.25) is 9.89 Å². The zero-order valence-corrected chi connectivity index (χ0v) is 13.5. The molecule has 3 aromatic rings. The fourth-order valence-electron chi connectivity index (χ4n) is 2.10. The number of nitrogens with one attached hydrogen (secondary N) is 2. The van der Waals surface area contributed by atoms with E-state index in [1.165, 1.54) is 11.8 Å². The van der Waals surface area contributed by atoms with Crippen molar-refractivity contribution in [1.29, 1.82) is 0 Å². The van der Waals surface area contributed by atoms with Crippen molar-refractivity contribution in [3.63, 3.8) is 0 Å². The van der Waals surface area contributed by atoms with Gasteiger partial charge in [-0.15, -0.1) is 11.8 Å². The molecule has 116 valence electrons. The molecular weight excluding hydrogens is 310 g/mol. The second-order valence-corrected chi connectivity index (χ2v) is 5.63. The first kappa shape index (κ1) is 15.2. The normalized spacial score (nSPS) is 10.5. The van der Waals surface area contributed by atoms with E-state index in [0.717, 1.165) is 11.4 Å². The van der Waals surface area contributed by atoms with Gasteiger partial charge in [0.1, 0.15) is 10.9 Å². The average molecular weight is 325 g/mol. The average Bonchev–Trinajstić information content (AvgIpc) is 3.02. The minimum Gasteiger partial charge on any atom is -0.322 e. The second-order valence-electron chi connectivity index (χ2n) is 4.84. The minimum absolute atomic E-state index is 0.177. The molecule has 2 heterocycles. The van der Waals surface area contributed by atoms with Crippen LogP contribution < -0.4 is 5.32 Å². The third-order valence-corrected chi connectivity index (χ3v) is 3.92. The molecule has 23 heavy (non-hydrogen) atoms. The quantitative estimate of drug-likeness (QED) is 0.720. The van der Waals surface area contributed by atoms with E-state index in [4.69, 9.17) is 0 Å². The van der Waals surface area contributed by atoms with Crippen LogP contribution in [0, 0.1) is 6.92 Å². The Morgan fingerprint density at radius 3 is 2.65 bits per heavy atom. The van der Waals surface area contributed by atoms with Crippen LogP contribution in [0.15, 0.2) is 47.6 Å². The lowest BCUT2D eigenvalue weighted by Gasteiger charge is -2.08. The van der Waals surface area contributed by atoms with Gasteiger partial charge in [0.05, 0.1) is 5.56 Å². The lowest BCUT2D eigenvalue weighted by Crippen LogP contribution is -2.13. The number of hydrogen-bond acceptors (Lipinski definition) is 5. The first-order valence-electron chi connectivity index (χ1n) is 6.97. The number of nitrogens with zero attached hydrogens (tertiary/aromatic N) is 3. The highest BCUT2D eigenvalue weighted by Gasteiger charge is 2.12. The van der Waals surface area contributed by atoms with Gasteiger partial charge in [-0.25, -0.2) is 9.97 Å². The summed E-state index contributed by atoms with van der Waals surface area (Å²) in [7, 11) is 0. The largest absolute Gasteiger partial charge is 0.322 e. The van der Waals surface area contributed by atoms with Gasteiger partial charge in [-0.05, 0) is 49.6 Å². The van der Waals surface area contributed by atoms with Crippen LogP contribution in [0.4, 0.5) is 5.69 Å². The van der Waals surface area contributed by atoms with Crippen molar-refractivity contribution >= 4 is 23.4 Å². The predicted octanol–water partition coefficient (Wildman–Crippen LogP) is 3.15. The smallest absolute Gasteiger partial charge is 0.258 e. The molecule has 6 nitrogen and oxygen atoms in total. The number of aromatic nitrogens is 4. The fraction of sp³-hybridized carbons (Fsp3) is 0.125. The van der Waals surface area contributed by atoms with Crippen LogP contribution in [0.2, 0.25) is 0 Å². The number of aromatic amines is 1. The summed E-state index contributed by atoms with van der Waals surface area (Å²) in [5.41, 5.74) is 2.16. The molecule has 0 saturated carbocycles. The summed E-state index contributed by atoms with van der Waals surface area (Å²) in [5, 5.41) is 10.5. The lowest BCUT2D eigenvalue weighted by atomic mass is 10.2. The maximum Gasteiger partial charge on any atom is 0.258 e. The molecule has 3 rings (SSSR count). The number of rotatable bonds is 4. The standard InChI is InChI=1S/C16H15N5OS/c1-10-18-14(21-20-10)11-5-7-12(8-6-11)19-15(22)13-4-3-9-17-16(13)23-2/h3-9H,1-2H3,(H,19,22)(H,18,20,21). The highest BCUT2D eigenvalue weighted by molar-refractivity contribution is 7.98. The van der Waals surface area contributed by atoms with E-state index in [1.54, 1.807) is 18.3 Å². The molecular formula is C16H15N5OS. The summed E-state index contributed by atoms with van der Waals surface area (Å²) in [4.78, 5) is 20.8. The van der Waals surface area contributed by atoms with E-state index in [1.807, 2.05) is 37.4 Å². The maximum atomic E-state index is 12.4. The van der Waals surface area contributed by atoms with Crippen LogP contribution in [-0.2, 0) is 0 Å². The summed E-state index contributed by atoms with van der Waals surface area (Å²) < 4.78 is 0. The number of aryl methyl sites for hydroxylation is 1. The van der Waals surface area contributed by atoms with Crippen molar-refractivity contribution in [1.82, 2.24) is 20.2 Å². The zero-order valence-electron chi connectivity index (χ0n) is 12.7. The summed E-state index contributed by atoms with van der Waals surface area (Å²) in [6.07, 6.45) is 3.57. The Bertz CT molecular complexity index is 828. The van der Waals surface area contributed by atoms with Gasteiger partial charge in [0.25, 0.3) is 5.91 Å². The van der Waals surface area contributed by atoms with E-state index >= 15 is 0 Å². The molecule has 0 aliphatic carbocycles. The van der Waals surface area contributed by atoms with Crippen molar-refractivity contribution in [3.8, 4) is 11.4 Å². The van der Waals surface area contributed by atoms with E-state index in [0.29, 0.717) is 22.1 Å². The molecule has 0 saturated heterocycles. The van der Waals surface area contributed by atoms with Gasteiger partial charge in [0.2, 0.25) is 0 Å². The SMILES string of the molecule is CSc1ncccc1C(=O)Nc1ccc(-c2n[nH]c(C)n2)cc1. The van der Waals surface area contributed by atoms with Crippen LogP contribution in [0.5, 0.6) is 0 Å². The number of H-pyrrole nitrogens is 1. The van der Waals surface area contributed by atoms with E-state index < -0.39 is 0 Å². The van der Waals surface area contributed by atoms with E-state index in [-0.39, 0.29) is 5.91 Å². The summed E-state index contributed by atoms with van der Waals surface area (Å²) in [6, 6.07) is 10.9. The number of benzene rings is 1. The van der Waals surface area contributed by atoms with Gasteiger partial charge in [-0.1, -0.05) is 0 Å². The molecule has 0 fully saturated rings. The van der Waals surface area contributed by atoms with Gasteiger partial charge in [0, 0.05) is 17.4 Å². The van der Waals surface area contributed by atoms with Crippen LogP contribution in [0.1, 0.15) is 16.2 Å². The minimum atomic E-state index is -0.177. The Kier molecular flexibility index (Phi) is 4.38. The van der Waals surface area contributed by atoms with Crippen LogP contribution in [-0.4, -0.2) is 32.3 Å². The van der Waals surface area contributed by atoms with Crippen molar-refractivity contribution in [2.45, 2.75) is 11.9 Å². The number of anilines is 1. The predicted molar refractivity (Wildman–Crippen MR) is 90.5 cm³/mol. The first-order chi connectivity index (χ1) is 11.2. The Hall–Kier alpha value is -2.67. The third-order valence-electron chi connectivity index (χ3n) is 3.21. The monoisotopic (exact) mass is 325 g/mol. The molecule has 0 spiro atoms. The molecule has 0 atom stereocenters. The Morgan fingerprint density at radius 1 is 1.22 bits per heavy atom. The summed E-state index contributed by atoms with van der Waals surface area (Å²) >= 11 is 1.44. The Labute approximate surface area is 137 Å². The second kappa shape index (κ2) is 6.62. The van der Waals surface area contributed by atoms with Crippen molar-refractivity contribution in [3.05, 3.63) is 54.0 Å². The van der Waals surface area contributed by atoms with Crippen LogP contribution in [0.3, 0.4) is 0 Å². The molecule has 0 unspecified atom stereocenters. The fourth-order valence-corrected chi connectivity index (χ4v) is 2.65. The van der Waals surface area contributed by atoms with Crippen molar-refractivity contribution in [2.24, 2.45) is 0 Å². The number of amides is 1. The van der Waals surface area contributed by atoms with Crippen LogP contribution >= 0.6 is 11.8 Å². The molecule has 0 aliphatic heterocycles. The first-order valence-corrected chi connectivity index (χ1v) is 8.19. The van der Waals surface area contributed by atoms with Gasteiger partial charge in [0.15, 0.2) is 5.82 Å². The number of carbonyl (C=O) groups excluding carboxylic acids is 1. The maximum absolute atomic E-state index is 12.4. The Morgan fingerprint density at radius 2 is 2.00 bits per heavy atom. The molecule has 7 heteroatoms. The molecule has 0 aliphatic rings. The van der Waals surface area contributed by atoms with Gasteiger partial charge >= 0.3 is 0 Å². The number of hydrogen-bond donors (Lipinski definition) is 2. The molecule has 0 radical (unpaired) electrons. The van der Waals surface area contributed by atoms with Gasteiger partial charge < -0.3 is 5.32 Å². The highest BCUT2D eigenvalue weighted by Crippen LogP contribution is 2.21. The van der Waals surface area contributed by atoms with Crippen molar-refractivity contribution in [2.75, 3.05) is 11.6 Å². The molecule has 2 aromatic heterocycles. The topological polar surface area (TPSA) is 83.6 Å². The van der Waals surface area contributed by atoms with E-state index in [2.05, 4.69) is 25.5 Å². The lowest BCUT2D eigenvalue weighted by molar-refractivity contribution is 0.102. The van der Waals surface area contributed by atoms with Gasteiger partial charge in [-0.2, -0.15) is 5.10 Å².